The third-order valence-electron chi connectivity index (χ3n) is 4.79. The average molecular weight is 367 g/mol. The number of rotatable bonds is 4. The number of unbranched alkanes of at least 4 members (excludes halogenated alkanes) is 1. The van der Waals surface area contributed by atoms with E-state index in [0.717, 1.165) is 18.9 Å². The normalized spacial score (nSPS) is 20.6. The van der Waals surface area contributed by atoms with Gasteiger partial charge in [-0.2, -0.15) is 13.2 Å². The molecule has 1 aromatic rings. The van der Waals surface area contributed by atoms with Gasteiger partial charge in [-0.15, -0.1) is 0 Å². The number of halogens is 3. The van der Waals surface area contributed by atoms with E-state index < -0.39 is 23.8 Å². The highest BCUT2D eigenvalue weighted by Gasteiger charge is 2.45. The van der Waals surface area contributed by atoms with Crippen molar-refractivity contribution in [1.82, 2.24) is 15.1 Å². The van der Waals surface area contributed by atoms with E-state index in [1.807, 2.05) is 6.92 Å². The number of alkyl halides is 3. The molecule has 0 aromatic heterocycles. The number of likely N-dealkylation sites (N-methyl/N-ethyl adjacent to an activating group) is 1. The summed E-state index contributed by atoms with van der Waals surface area (Å²) in [6.07, 6.45) is -2.89. The Morgan fingerprint density at radius 1 is 1.23 bits per heavy atom. The van der Waals surface area contributed by atoms with Crippen LogP contribution in [0.5, 0.6) is 0 Å². The zero-order chi connectivity index (χ0) is 19.1. The molecule has 0 radical (unpaired) electrons. The molecule has 2 aliphatic rings. The molecule has 3 amide bonds. The maximum Gasteiger partial charge on any atom is 0.416 e. The first kappa shape index (κ1) is 18.3. The van der Waals surface area contributed by atoms with Gasteiger partial charge in [0, 0.05) is 13.6 Å². The molecule has 140 valence electrons. The van der Waals surface area contributed by atoms with Gasteiger partial charge < -0.3 is 10.2 Å². The lowest BCUT2D eigenvalue weighted by molar-refractivity contribution is -0.138. The van der Waals surface area contributed by atoms with Gasteiger partial charge in [-0.25, -0.2) is 4.79 Å². The van der Waals surface area contributed by atoms with Gasteiger partial charge in [-0.3, -0.25) is 9.69 Å². The number of benzene rings is 1. The zero-order valence-corrected chi connectivity index (χ0v) is 14.6. The maximum absolute atomic E-state index is 13.4. The minimum Gasteiger partial charge on any atom is -0.333 e. The predicted molar refractivity (Wildman–Crippen MR) is 89.0 cm³/mol. The highest BCUT2D eigenvalue weighted by Crippen LogP contribution is 2.41. The van der Waals surface area contributed by atoms with E-state index in [1.165, 1.54) is 30.1 Å². The van der Waals surface area contributed by atoms with E-state index in [0.29, 0.717) is 12.2 Å². The van der Waals surface area contributed by atoms with Crippen molar-refractivity contribution in [3.63, 3.8) is 0 Å². The maximum atomic E-state index is 13.4. The molecule has 0 spiro atoms. The van der Waals surface area contributed by atoms with Gasteiger partial charge in [0.05, 0.1) is 29.4 Å². The molecule has 26 heavy (non-hydrogen) atoms. The molecule has 0 fully saturated rings. The van der Waals surface area contributed by atoms with Crippen LogP contribution in [-0.4, -0.2) is 41.9 Å². The van der Waals surface area contributed by atoms with Crippen LogP contribution >= 0.6 is 0 Å². The highest BCUT2D eigenvalue weighted by atomic mass is 19.4. The second kappa shape index (κ2) is 6.66. The van der Waals surface area contributed by atoms with Gasteiger partial charge in [0.15, 0.2) is 0 Å². The number of nitrogens with one attached hydrogen (secondary N) is 1. The van der Waals surface area contributed by atoms with Crippen molar-refractivity contribution >= 4 is 11.9 Å². The van der Waals surface area contributed by atoms with E-state index in [1.54, 1.807) is 4.90 Å². The summed E-state index contributed by atoms with van der Waals surface area (Å²) in [5.74, 6) is -0.317. The molecule has 1 atom stereocenters. The molecule has 0 bridgehead atoms. The number of amides is 3. The molecule has 1 aromatic carbocycles. The smallest absolute Gasteiger partial charge is 0.333 e. The van der Waals surface area contributed by atoms with E-state index in [4.69, 9.17) is 0 Å². The summed E-state index contributed by atoms with van der Waals surface area (Å²) >= 11 is 0. The molecule has 8 heteroatoms. The summed E-state index contributed by atoms with van der Waals surface area (Å²) < 4.78 is 40.3. The first-order valence-electron chi connectivity index (χ1n) is 8.48. The predicted octanol–water partition coefficient (Wildman–Crippen LogP) is 3.30. The Labute approximate surface area is 149 Å². The fraction of sp³-hybridized carbons (Fsp3) is 0.444. The molecule has 0 aliphatic carbocycles. The molecular formula is C18H20F3N3O2. The van der Waals surface area contributed by atoms with Crippen LogP contribution < -0.4 is 5.32 Å². The van der Waals surface area contributed by atoms with Gasteiger partial charge in [0.25, 0.3) is 5.91 Å². The average Bonchev–Trinajstić information content (AvgIpc) is 2.92. The molecule has 2 aliphatic heterocycles. The van der Waals surface area contributed by atoms with Crippen molar-refractivity contribution in [3.05, 3.63) is 46.7 Å². The quantitative estimate of drug-likeness (QED) is 0.888. The minimum atomic E-state index is -4.57. The molecule has 5 nitrogen and oxygen atoms in total. The summed E-state index contributed by atoms with van der Waals surface area (Å²) in [5.41, 5.74) is -0.266. The van der Waals surface area contributed by atoms with Gasteiger partial charge in [0.2, 0.25) is 0 Å². The van der Waals surface area contributed by atoms with Crippen molar-refractivity contribution in [2.75, 3.05) is 20.1 Å². The summed E-state index contributed by atoms with van der Waals surface area (Å²) in [4.78, 5) is 28.0. The Kier molecular flexibility index (Phi) is 4.68. The molecule has 0 saturated carbocycles. The van der Waals surface area contributed by atoms with E-state index in [2.05, 4.69) is 5.32 Å². The SMILES string of the molecule is CCCCN1CC2=C(C1=O)[C@@H](c1ccccc1C(F)(F)F)NC(=O)N2C. The lowest BCUT2D eigenvalue weighted by Crippen LogP contribution is -2.45. The van der Waals surface area contributed by atoms with Crippen molar-refractivity contribution in [2.24, 2.45) is 0 Å². The Balaban J connectivity index is 2.06. The number of urea groups is 1. The standard InChI is InChI=1S/C18H20F3N3O2/c1-3-4-9-24-10-13-14(16(24)25)15(22-17(26)23(13)2)11-7-5-6-8-12(11)18(19,20)21/h5-8,15H,3-4,9-10H2,1-2H3,(H,22,26)/t15-/m1/s1. The number of nitrogens with zero attached hydrogens (tertiary/aromatic N) is 2. The van der Waals surface area contributed by atoms with E-state index in [9.17, 15) is 22.8 Å². The number of hydrogen-bond donors (Lipinski definition) is 1. The van der Waals surface area contributed by atoms with Crippen LogP contribution in [0.15, 0.2) is 35.5 Å². The largest absolute Gasteiger partial charge is 0.416 e. The fourth-order valence-corrected chi connectivity index (χ4v) is 3.39. The van der Waals surface area contributed by atoms with Gasteiger partial charge in [0.1, 0.15) is 0 Å². The first-order valence-corrected chi connectivity index (χ1v) is 8.48. The second-order valence-electron chi connectivity index (χ2n) is 6.47. The van der Waals surface area contributed by atoms with Crippen LogP contribution in [0, 0.1) is 0 Å². The first-order chi connectivity index (χ1) is 12.3. The molecular weight excluding hydrogens is 347 g/mol. The van der Waals surface area contributed by atoms with E-state index in [-0.39, 0.29) is 23.6 Å². The van der Waals surface area contributed by atoms with Crippen LogP contribution in [0.4, 0.5) is 18.0 Å². The topological polar surface area (TPSA) is 52.7 Å². The lowest BCUT2D eigenvalue weighted by Gasteiger charge is -2.32. The van der Waals surface area contributed by atoms with Crippen LogP contribution in [0.1, 0.15) is 36.9 Å². The molecule has 2 heterocycles. The van der Waals surface area contributed by atoms with Gasteiger partial charge in [-0.05, 0) is 18.1 Å². The third kappa shape index (κ3) is 3.04. The summed E-state index contributed by atoms with van der Waals surface area (Å²) in [7, 11) is 1.52. The molecule has 0 saturated heterocycles. The molecule has 3 rings (SSSR count). The Morgan fingerprint density at radius 3 is 2.58 bits per heavy atom. The fourth-order valence-electron chi connectivity index (χ4n) is 3.39. The van der Waals surface area contributed by atoms with Crippen molar-refractivity contribution < 1.29 is 22.8 Å². The Bertz CT molecular complexity index is 773. The second-order valence-corrected chi connectivity index (χ2v) is 6.47. The van der Waals surface area contributed by atoms with Gasteiger partial charge in [-0.1, -0.05) is 31.5 Å². The monoisotopic (exact) mass is 367 g/mol. The Hall–Kier alpha value is -2.51. The zero-order valence-electron chi connectivity index (χ0n) is 14.6. The van der Waals surface area contributed by atoms with Crippen LogP contribution in [-0.2, 0) is 11.0 Å². The summed E-state index contributed by atoms with van der Waals surface area (Å²) in [6, 6.07) is 3.42. The van der Waals surface area contributed by atoms with Crippen LogP contribution in [0.3, 0.4) is 0 Å². The highest BCUT2D eigenvalue weighted by molar-refractivity contribution is 6.01. The molecule has 0 unspecified atom stereocenters. The van der Waals surface area contributed by atoms with Crippen LogP contribution in [0.25, 0.3) is 0 Å². The van der Waals surface area contributed by atoms with Crippen molar-refractivity contribution in [2.45, 2.75) is 32.0 Å². The van der Waals surface area contributed by atoms with Crippen molar-refractivity contribution in [1.29, 1.82) is 0 Å². The minimum absolute atomic E-state index is 0.111. The third-order valence-corrected chi connectivity index (χ3v) is 4.79. The van der Waals surface area contributed by atoms with Crippen LogP contribution in [0.2, 0.25) is 0 Å². The lowest BCUT2D eigenvalue weighted by atomic mass is 9.92. The number of carbonyl (C=O) groups is 2. The molecule has 1 N–H and O–H groups in total. The van der Waals surface area contributed by atoms with Gasteiger partial charge >= 0.3 is 12.2 Å². The summed E-state index contributed by atoms with van der Waals surface area (Å²) in [5, 5.41) is 2.56. The number of carbonyl (C=O) groups excluding carboxylic acids is 2. The summed E-state index contributed by atoms with van der Waals surface area (Å²) in [6.45, 7) is 2.74. The van der Waals surface area contributed by atoms with Crippen molar-refractivity contribution in [3.8, 4) is 0 Å². The van der Waals surface area contributed by atoms with E-state index >= 15 is 0 Å². The number of hydrogen-bond acceptors (Lipinski definition) is 2. The Morgan fingerprint density at radius 2 is 1.92 bits per heavy atom.